The summed E-state index contributed by atoms with van der Waals surface area (Å²) in [7, 11) is 0. The van der Waals surface area contributed by atoms with E-state index in [0.717, 1.165) is 6.20 Å². The van der Waals surface area contributed by atoms with Gasteiger partial charge in [0.25, 0.3) is 0 Å². The fourth-order valence-electron chi connectivity index (χ4n) is 1.70. The molecule has 1 heterocycles. The monoisotopic (exact) mass is 261 g/mol. The lowest BCUT2D eigenvalue weighted by molar-refractivity contribution is 0.0695. The van der Waals surface area contributed by atoms with Crippen LogP contribution in [0.1, 0.15) is 21.5 Å². The molecule has 0 amide bonds. The van der Waals surface area contributed by atoms with Gasteiger partial charge in [-0.3, -0.25) is 4.98 Å². The SMILES string of the molecule is Cc1c(OCc2cncc(F)c2)cccc1C(=O)O. The molecule has 0 spiro atoms. The number of aromatic carboxylic acids is 1. The number of carboxylic acid groups (broad SMARTS) is 1. The number of hydrogen-bond donors (Lipinski definition) is 1. The van der Waals surface area contributed by atoms with Crippen LogP contribution in [0.4, 0.5) is 4.39 Å². The number of rotatable bonds is 4. The van der Waals surface area contributed by atoms with Gasteiger partial charge in [-0.15, -0.1) is 0 Å². The zero-order chi connectivity index (χ0) is 13.8. The average molecular weight is 261 g/mol. The Hall–Kier alpha value is -2.43. The summed E-state index contributed by atoms with van der Waals surface area (Å²) in [6, 6.07) is 6.11. The molecule has 5 heteroatoms. The van der Waals surface area contributed by atoms with Crippen molar-refractivity contribution >= 4 is 5.97 Å². The molecule has 2 rings (SSSR count). The van der Waals surface area contributed by atoms with Gasteiger partial charge in [0, 0.05) is 17.3 Å². The van der Waals surface area contributed by atoms with E-state index in [1.165, 1.54) is 18.3 Å². The lowest BCUT2D eigenvalue weighted by Crippen LogP contribution is -2.03. The average Bonchev–Trinajstić information content (AvgIpc) is 2.37. The minimum atomic E-state index is -1.00. The van der Waals surface area contributed by atoms with E-state index in [4.69, 9.17) is 9.84 Å². The first-order valence-electron chi connectivity index (χ1n) is 5.63. The standard InChI is InChI=1S/C14H12FNO3/c1-9-12(14(17)18)3-2-4-13(9)19-8-10-5-11(15)7-16-6-10/h2-7H,8H2,1H3,(H,17,18). The number of pyridine rings is 1. The molecule has 0 saturated carbocycles. The van der Waals surface area contributed by atoms with Crippen LogP contribution in [0.5, 0.6) is 5.75 Å². The van der Waals surface area contributed by atoms with Crippen molar-refractivity contribution in [1.82, 2.24) is 4.98 Å². The van der Waals surface area contributed by atoms with E-state index in [1.54, 1.807) is 19.1 Å². The molecular formula is C14H12FNO3. The molecular weight excluding hydrogens is 249 g/mol. The lowest BCUT2D eigenvalue weighted by atomic mass is 10.1. The zero-order valence-corrected chi connectivity index (χ0v) is 10.3. The summed E-state index contributed by atoms with van der Waals surface area (Å²) in [5.74, 6) is -0.975. The van der Waals surface area contributed by atoms with Gasteiger partial charge in [0.2, 0.25) is 0 Å². The first-order valence-corrected chi connectivity index (χ1v) is 5.63. The summed E-state index contributed by atoms with van der Waals surface area (Å²) in [6.45, 7) is 1.80. The molecule has 4 nitrogen and oxygen atoms in total. The van der Waals surface area contributed by atoms with Crippen molar-refractivity contribution in [2.75, 3.05) is 0 Å². The van der Waals surface area contributed by atoms with Gasteiger partial charge in [0.05, 0.1) is 11.8 Å². The Bertz CT molecular complexity index is 613. The molecule has 0 saturated heterocycles. The Kier molecular flexibility index (Phi) is 3.75. The summed E-state index contributed by atoms with van der Waals surface area (Å²) < 4.78 is 18.4. The molecule has 0 fully saturated rings. The quantitative estimate of drug-likeness (QED) is 0.919. The molecule has 0 aliphatic carbocycles. The van der Waals surface area contributed by atoms with Crippen molar-refractivity contribution in [2.45, 2.75) is 13.5 Å². The van der Waals surface area contributed by atoms with Crippen molar-refractivity contribution in [2.24, 2.45) is 0 Å². The third-order valence-electron chi connectivity index (χ3n) is 2.67. The molecule has 98 valence electrons. The highest BCUT2D eigenvalue weighted by molar-refractivity contribution is 5.90. The summed E-state index contributed by atoms with van der Waals surface area (Å²) in [5, 5.41) is 9.00. The van der Waals surface area contributed by atoms with Gasteiger partial charge in [-0.25, -0.2) is 9.18 Å². The number of carbonyl (C=O) groups is 1. The molecule has 2 aromatic rings. The first kappa shape index (κ1) is 13.0. The Balaban J connectivity index is 2.16. The van der Waals surface area contributed by atoms with Crippen LogP contribution in [0.3, 0.4) is 0 Å². The Morgan fingerprint density at radius 1 is 1.42 bits per heavy atom. The minimum absolute atomic E-state index is 0.134. The Morgan fingerprint density at radius 2 is 2.21 bits per heavy atom. The topological polar surface area (TPSA) is 59.4 Å². The molecule has 0 radical (unpaired) electrons. The Labute approximate surface area is 109 Å². The lowest BCUT2D eigenvalue weighted by Gasteiger charge is -2.10. The van der Waals surface area contributed by atoms with E-state index in [-0.39, 0.29) is 12.2 Å². The van der Waals surface area contributed by atoms with Crippen molar-refractivity contribution in [3.05, 3.63) is 59.2 Å². The van der Waals surface area contributed by atoms with Gasteiger partial charge in [-0.1, -0.05) is 6.07 Å². The van der Waals surface area contributed by atoms with E-state index in [2.05, 4.69) is 4.98 Å². The van der Waals surface area contributed by atoms with Gasteiger partial charge in [-0.05, 0) is 25.1 Å². The van der Waals surface area contributed by atoms with Crippen molar-refractivity contribution in [3.8, 4) is 5.75 Å². The second-order valence-corrected chi connectivity index (χ2v) is 4.03. The number of halogens is 1. The summed E-state index contributed by atoms with van der Waals surface area (Å²) >= 11 is 0. The maximum absolute atomic E-state index is 12.9. The number of aromatic nitrogens is 1. The second-order valence-electron chi connectivity index (χ2n) is 4.03. The van der Waals surface area contributed by atoms with Crippen LogP contribution < -0.4 is 4.74 Å². The molecule has 0 bridgehead atoms. The number of ether oxygens (including phenoxy) is 1. The zero-order valence-electron chi connectivity index (χ0n) is 10.3. The fraction of sp³-hybridized carbons (Fsp3) is 0.143. The first-order chi connectivity index (χ1) is 9.08. The molecule has 19 heavy (non-hydrogen) atoms. The third-order valence-corrected chi connectivity index (χ3v) is 2.67. The van der Waals surface area contributed by atoms with E-state index >= 15 is 0 Å². The van der Waals surface area contributed by atoms with Crippen molar-refractivity contribution in [3.63, 3.8) is 0 Å². The third kappa shape index (κ3) is 3.07. The van der Waals surface area contributed by atoms with E-state index in [0.29, 0.717) is 16.9 Å². The van der Waals surface area contributed by atoms with Crippen molar-refractivity contribution in [1.29, 1.82) is 0 Å². The number of carboxylic acids is 1. The fourth-order valence-corrected chi connectivity index (χ4v) is 1.70. The smallest absolute Gasteiger partial charge is 0.336 e. The van der Waals surface area contributed by atoms with Gasteiger partial charge < -0.3 is 9.84 Å². The highest BCUT2D eigenvalue weighted by atomic mass is 19.1. The minimum Gasteiger partial charge on any atom is -0.489 e. The maximum Gasteiger partial charge on any atom is 0.336 e. The van der Waals surface area contributed by atoms with Gasteiger partial charge >= 0.3 is 5.97 Å². The summed E-state index contributed by atoms with van der Waals surface area (Å²) in [4.78, 5) is 14.7. The normalized spacial score (nSPS) is 10.2. The van der Waals surface area contributed by atoms with Crippen LogP contribution in [0, 0.1) is 12.7 Å². The van der Waals surface area contributed by atoms with Gasteiger partial charge in [-0.2, -0.15) is 0 Å². The van der Waals surface area contributed by atoms with Crippen LogP contribution in [0.15, 0.2) is 36.7 Å². The molecule has 1 N–H and O–H groups in total. The van der Waals surface area contributed by atoms with E-state index < -0.39 is 11.8 Å². The highest BCUT2D eigenvalue weighted by Gasteiger charge is 2.11. The molecule has 1 aromatic heterocycles. The predicted molar refractivity (Wildman–Crippen MR) is 66.7 cm³/mol. The van der Waals surface area contributed by atoms with Crippen LogP contribution >= 0.6 is 0 Å². The molecule has 0 aliphatic heterocycles. The molecule has 0 aliphatic rings. The van der Waals surface area contributed by atoms with E-state index in [1.807, 2.05) is 0 Å². The Morgan fingerprint density at radius 3 is 2.89 bits per heavy atom. The summed E-state index contributed by atoms with van der Waals surface area (Å²) in [6.07, 6.45) is 2.61. The second kappa shape index (κ2) is 5.48. The predicted octanol–water partition coefficient (Wildman–Crippen LogP) is 2.81. The van der Waals surface area contributed by atoms with Gasteiger partial charge in [0.1, 0.15) is 18.2 Å². The molecule has 0 atom stereocenters. The van der Waals surface area contributed by atoms with Gasteiger partial charge in [0.15, 0.2) is 0 Å². The van der Waals surface area contributed by atoms with Crippen LogP contribution in [-0.2, 0) is 6.61 Å². The highest BCUT2D eigenvalue weighted by Crippen LogP contribution is 2.22. The number of benzene rings is 1. The largest absolute Gasteiger partial charge is 0.489 e. The molecule has 1 aromatic carbocycles. The van der Waals surface area contributed by atoms with Crippen LogP contribution in [0.2, 0.25) is 0 Å². The van der Waals surface area contributed by atoms with E-state index in [9.17, 15) is 9.18 Å². The number of hydrogen-bond acceptors (Lipinski definition) is 3. The van der Waals surface area contributed by atoms with Crippen molar-refractivity contribution < 1.29 is 19.0 Å². The van der Waals surface area contributed by atoms with Crippen LogP contribution in [0.25, 0.3) is 0 Å². The van der Waals surface area contributed by atoms with Crippen LogP contribution in [-0.4, -0.2) is 16.1 Å². The maximum atomic E-state index is 12.9. The summed E-state index contributed by atoms with van der Waals surface area (Å²) in [5.41, 5.74) is 1.31. The molecule has 0 unspecified atom stereocenters. The number of nitrogens with zero attached hydrogens (tertiary/aromatic N) is 1.